The number of phenolic OH excluding ortho intramolecular Hbond substituents is 1. The lowest BCUT2D eigenvalue weighted by Crippen LogP contribution is -2.18. The summed E-state index contributed by atoms with van der Waals surface area (Å²) < 4.78 is 25.8. The smallest absolute Gasteiger partial charge is 0.380 e. The van der Waals surface area contributed by atoms with Gasteiger partial charge in [0.05, 0.1) is 0 Å². The van der Waals surface area contributed by atoms with Crippen molar-refractivity contribution in [3.05, 3.63) is 29.8 Å². The Kier molecular flexibility index (Phi) is 4.10. The summed E-state index contributed by atoms with van der Waals surface area (Å²) in [6.07, 6.45) is 1.36. The molecule has 3 N–H and O–H groups in total. The van der Waals surface area contributed by atoms with Crippen molar-refractivity contribution in [1.82, 2.24) is 0 Å². The normalized spacial score (nSPS) is 12.3. The summed E-state index contributed by atoms with van der Waals surface area (Å²) in [7, 11) is -4.13. The van der Waals surface area contributed by atoms with Crippen LogP contribution in [0.15, 0.2) is 24.3 Å². The highest BCUT2D eigenvalue weighted by molar-refractivity contribution is 7.84. The Bertz CT molecular complexity index is 604. The first-order valence-electron chi connectivity index (χ1n) is 4.93. The van der Waals surface area contributed by atoms with Gasteiger partial charge in [-0.05, 0) is 37.6 Å². The van der Waals surface area contributed by atoms with Crippen molar-refractivity contribution in [2.24, 2.45) is 5.14 Å². The number of carbonyl (C=O) groups is 1. The van der Waals surface area contributed by atoms with Crippen LogP contribution in [0.2, 0.25) is 0 Å². The van der Waals surface area contributed by atoms with Crippen LogP contribution in [-0.4, -0.2) is 19.3 Å². The molecule has 98 valence electrons. The fourth-order valence-electron chi connectivity index (χ4n) is 1.41. The van der Waals surface area contributed by atoms with Crippen LogP contribution in [0.25, 0.3) is 5.57 Å². The van der Waals surface area contributed by atoms with E-state index >= 15 is 0 Å². The summed E-state index contributed by atoms with van der Waals surface area (Å²) in [5.41, 5.74) is 0.967. The highest BCUT2D eigenvalue weighted by Gasteiger charge is 2.09. The molecule has 1 aromatic carbocycles. The SMILES string of the molecule is CC(=O)/C=C(/C)c1ccc(OS(N)(=O)=O)cc1O. The molecule has 0 unspecified atom stereocenters. The van der Waals surface area contributed by atoms with E-state index in [0.717, 1.165) is 6.07 Å². The molecule has 6 nitrogen and oxygen atoms in total. The number of hydrogen-bond acceptors (Lipinski definition) is 5. The van der Waals surface area contributed by atoms with Gasteiger partial charge in [-0.15, -0.1) is 0 Å². The predicted molar refractivity (Wildman–Crippen MR) is 66.2 cm³/mol. The molecule has 0 atom stereocenters. The van der Waals surface area contributed by atoms with E-state index in [1.807, 2.05) is 0 Å². The lowest BCUT2D eigenvalue weighted by Gasteiger charge is -2.07. The molecule has 0 aliphatic heterocycles. The zero-order valence-corrected chi connectivity index (χ0v) is 10.7. The van der Waals surface area contributed by atoms with E-state index in [1.54, 1.807) is 6.92 Å². The third-order valence-corrected chi connectivity index (χ3v) is 2.45. The van der Waals surface area contributed by atoms with Gasteiger partial charge >= 0.3 is 10.3 Å². The van der Waals surface area contributed by atoms with Crippen LogP contribution in [0.1, 0.15) is 19.4 Å². The Labute approximate surface area is 105 Å². The Morgan fingerprint density at radius 3 is 2.44 bits per heavy atom. The molecule has 7 heteroatoms. The van der Waals surface area contributed by atoms with Crippen molar-refractivity contribution >= 4 is 21.7 Å². The molecule has 0 aliphatic carbocycles. The summed E-state index contributed by atoms with van der Waals surface area (Å²) in [5, 5.41) is 14.4. The van der Waals surface area contributed by atoms with Gasteiger partial charge in [-0.1, -0.05) is 0 Å². The van der Waals surface area contributed by atoms with Gasteiger partial charge in [-0.3, -0.25) is 4.79 Å². The number of nitrogens with two attached hydrogens (primary N) is 1. The van der Waals surface area contributed by atoms with Gasteiger partial charge in [0.25, 0.3) is 0 Å². The lowest BCUT2D eigenvalue weighted by atomic mass is 10.1. The second-order valence-electron chi connectivity index (χ2n) is 3.69. The number of carbonyl (C=O) groups excluding carboxylic acids is 1. The van der Waals surface area contributed by atoms with Crippen LogP contribution in [0.5, 0.6) is 11.5 Å². The summed E-state index contributed by atoms with van der Waals surface area (Å²) in [5.74, 6) is -0.461. The van der Waals surface area contributed by atoms with Crippen LogP contribution < -0.4 is 9.32 Å². The van der Waals surface area contributed by atoms with Crippen LogP contribution >= 0.6 is 0 Å². The first-order chi connectivity index (χ1) is 8.19. The van der Waals surface area contributed by atoms with Gasteiger partial charge < -0.3 is 9.29 Å². The van der Waals surface area contributed by atoms with Crippen molar-refractivity contribution in [2.75, 3.05) is 0 Å². The van der Waals surface area contributed by atoms with Crippen molar-refractivity contribution in [3.8, 4) is 11.5 Å². The minimum Gasteiger partial charge on any atom is -0.507 e. The van der Waals surface area contributed by atoms with Crippen LogP contribution in [-0.2, 0) is 15.1 Å². The van der Waals surface area contributed by atoms with Crippen LogP contribution in [0.3, 0.4) is 0 Å². The fraction of sp³-hybridized carbons (Fsp3) is 0.182. The quantitative estimate of drug-likeness (QED) is 0.793. The zero-order chi connectivity index (χ0) is 13.9. The van der Waals surface area contributed by atoms with Gasteiger partial charge in [-0.2, -0.15) is 13.6 Å². The minimum atomic E-state index is -4.13. The lowest BCUT2D eigenvalue weighted by molar-refractivity contribution is -0.112. The maximum atomic E-state index is 10.9. The Balaban J connectivity index is 3.11. The van der Waals surface area contributed by atoms with Gasteiger partial charge in [-0.25, -0.2) is 0 Å². The summed E-state index contributed by atoms with van der Waals surface area (Å²) in [6, 6.07) is 3.87. The third kappa shape index (κ3) is 4.19. The maximum Gasteiger partial charge on any atom is 0.380 e. The molecule has 0 fully saturated rings. The molecule has 0 saturated carbocycles. The van der Waals surface area contributed by atoms with E-state index in [9.17, 15) is 18.3 Å². The fourth-order valence-corrected chi connectivity index (χ4v) is 1.79. The van der Waals surface area contributed by atoms with Gasteiger partial charge in [0.1, 0.15) is 11.5 Å². The molecule has 0 heterocycles. The number of benzene rings is 1. The highest BCUT2D eigenvalue weighted by Crippen LogP contribution is 2.29. The standard InChI is InChI=1S/C11H13NO5S/c1-7(5-8(2)13)10-4-3-9(6-11(10)14)17-18(12,15)16/h3-6,14H,1-2H3,(H2,12,15,16)/b7-5-. The number of phenols is 1. The summed E-state index contributed by atoms with van der Waals surface area (Å²) >= 11 is 0. The third-order valence-electron chi connectivity index (χ3n) is 2.03. The molecule has 0 aromatic heterocycles. The molecule has 18 heavy (non-hydrogen) atoms. The van der Waals surface area contributed by atoms with Gasteiger partial charge in [0.15, 0.2) is 5.78 Å². The minimum absolute atomic E-state index is 0.102. The first-order valence-corrected chi connectivity index (χ1v) is 6.40. The van der Waals surface area contributed by atoms with E-state index in [2.05, 4.69) is 4.18 Å². The molecule has 0 aliphatic rings. The Hall–Kier alpha value is -1.86. The number of rotatable bonds is 4. The van der Waals surface area contributed by atoms with Crippen molar-refractivity contribution in [3.63, 3.8) is 0 Å². The summed E-state index contributed by atoms with van der Waals surface area (Å²) in [4.78, 5) is 10.9. The molecular weight excluding hydrogens is 258 g/mol. The Morgan fingerprint density at radius 1 is 1.39 bits per heavy atom. The largest absolute Gasteiger partial charge is 0.507 e. The molecule has 0 saturated heterocycles. The maximum absolute atomic E-state index is 10.9. The highest BCUT2D eigenvalue weighted by atomic mass is 32.2. The van der Waals surface area contributed by atoms with Gasteiger partial charge in [0.2, 0.25) is 0 Å². The van der Waals surface area contributed by atoms with Crippen molar-refractivity contribution < 1.29 is 22.5 Å². The molecule has 0 spiro atoms. The van der Waals surface area contributed by atoms with E-state index in [-0.39, 0.29) is 17.3 Å². The van der Waals surface area contributed by atoms with Crippen molar-refractivity contribution in [1.29, 1.82) is 0 Å². The number of aromatic hydroxyl groups is 1. The Morgan fingerprint density at radius 2 is 2.00 bits per heavy atom. The van der Waals surface area contributed by atoms with Crippen molar-refractivity contribution in [2.45, 2.75) is 13.8 Å². The predicted octanol–water partition coefficient (Wildman–Crippen LogP) is 0.967. The average Bonchev–Trinajstić information content (AvgIpc) is 2.13. The monoisotopic (exact) mass is 271 g/mol. The second kappa shape index (κ2) is 5.19. The average molecular weight is 271 g/mol. The number of ketones is 1. The molecule has 0 bridgehead atoms. The van der Waals surface area contributed by atoms with E-state index < -0.39 is 10.3 Å². The van der Waals surface area contributed by atoms with E-state index in [1.165, 1.54) is 25.1 Å². The molecular formula is C11H13NO5S. The van der Waals surface area contributed by atoms with Crippen LogP contribution in [0, 0.1) is 0 Å². The zero-order valence-electron chi connectivity index (χ0n) is 9.88. The van der Waals surface area contributed by atoms with E-state index in [4.69, 9.17) is 5.14 Å². The summed E-state index contributed by atoms with van der Waals surface area (Å²) in [6.45, 7) is 3.04. The topological polar surface area (TPSA) is 107 Å². The van der Waals surface area contributed by atoms with Gasteiger partial charge in [0, 0.05) is 11.6 Å². The number of hydrogen-bond donors (Lipinski definition) is 2. The molecule has 0 radical (unpaired) electrons. The second-order valence-corrected chi connectivity index (χ2v) is 4.85. The van der Waals surface area contributed by atoms with Crippen LogP contribution in [0.4, 0.5) is 0 Å². The number of allylic oxidation sites excluding steroid dienone is 2. The first kappa shape index (κ1) is 14.2. The van der Waals surface area contributed by atoms with E-state index in [0.29, 0.717) is 11.1 Å². The molecule has 1 aromatic rings. The molecule has 0 amide bonds. The molecule has 1 rings (SSSR count).